The van der Waals surface area contributed by atoms with E-state index in [9.17, 15) is 8.78 Å². The molecule has 2 aromatic carbocycles. The number of thiophene rings is 1. The first-order valence-electron chi connectivity index (χ1n) is 9.31. The molecular weight excluding hydrogens is 346 g/mol. The molecule has 3 heteroatoms. The van der Waals surface area contributed by atoms with Crippen LogP contribution in [0, 0.1) is 17.6 Å². The Labute approximate surface area is 157 Å². The first kappa shape index (κ1) is 17.4. The van der Waals surface area contributed by atoms with E-state index in [4.69, 9.17) is 0 Å². The van der Waals surface area contributed by atoms with Gasteiger partial charge >= 0.3 is 0 Å². The average Bonchev–Trinajstić information content (AvgIpc) is 3.32. The standard InChI is InChI=1S/C23H22F2S/c1-2-3-15-6-8-17(9-7-15)18-13-20(24)23(21(25)14-18)22-11-10-19(26-22)12-16-4-5-16/h6-11,13-14,16H,2-5,12H2,1H3. The van der Waals surface area contributed by atoms with Crippen molar-refractivity contribution < 1.29 is 8.78 Å². The van der Waals surface area contributed by atoms with Gasteiger partial charge in [-0.2, -0.15) is 0 Å². The lowest BCUT2D eigenvalue weighted by molar-refractivity contribution is 0.591. The molecule has 1 saturated carbocycles. The molecule has 4 rings (SSSR count). The van der Waals surface area contributed by atoms with Crippen molar-refractivity contribution in [1.82, 2.24) is 0 Å². The zero-order valence-electron chi connectivity index (χ0n) is 14.9. The van der Waals surface area contributed by atoms with Crippen LogP contribution in [-0.2, 0) is 12.8 Å². The molecule has 0 N–H and O–H groups in total. The van der Waals surface area contributed by atoms with Crippen LogP contribution in [0.25, 0.3) is 21.6 Å². The van der Waals surface area contributed by atoms with Crippen LogP contribution in [0.2, 0.25) is 0 Å². The molecule has 1 aliphatic carbocycles. The predicted molar refractivity (Wildman–Crippen MR) is 106 cm³/mol. The van der Waals surface area contributed by atoms with E-state index in [1.54, 1.807) is 0 Å². The summed E-state index contributed by atoms with van der Waals surface area (Å²) in [5.74, 6) is -0.204. The van der Waals surface area contributed by atoms with Gasteiger partial charge in [0.1, 0.15) is 11.6 Å². The zero-order chi connectivity index (χ0) is 18.1. The van der Waals surface area contributed by atoms with Gasteiger partial charge < -0.3 is 0 Å². The number of benzene rings is 2. The minimum Gasteiger partial charge on any atom is -0.206 e. The van der Waals surface area contributed by atoms with E-state index in [-0.39, 0.29) is 5.56 Å². The molecule has 0 atom stereocenters. The second-order valence-electron chi connectivity index (χ2n) is 7.18. The summed E-state index contributed by atoms with van der Waals surface area (Å²) in [6, 6.07) is 14.7. The number of hydrogen-bond acceptors (Lipinski definition) is 1. The molecule has 1 aliphatic rings. The van der Waals surface area contributed by atoms with E-state index in [2.05, 4.69) is 6.92 Å². The summed E-state index contributed by atoms with van der Waals surface area (Å²) in [6.45, 7) is 2.14. The summed E-state index contributed by atoms with van der Waals surface area (Å²) in [6.07, 6.45) is 5.70. The van der Waals surface area contributed by atoms with Crippen molar-refractivity contribution in [2.24, 2.45) is 5.92 Å². The lowest BCUT2D eigenvalue weighted by Gasteiger charge is -2.08. The van der Waals surface area contributed by atoms with Crippen molar-refractivity contribution in [2.45, 2.75) is 39.0 Å². The Hall–Kier alpha value is -2.00. The third-order valence-corrected chi connectivity index (χ3v) is 6.09. The van der Waals surface area contributed by atoms with Gasteiger partial charge in [0.2, 0.25) is 0 Å². The van der Waals surface area contributed by atoms with Crippen LogP contribution in [0.1, 0.15) is 36.6 Å². The number of hydrogen-bond donors (Lipinski definition) is 0. The van der Waals surface area contributed by atoms with Crippen LogP contribution >= 0.6 is 11.3 Å². The molecule has 0 unspecified atom stereocenters. The van der Waals surface area contributed by atoms with Crippen LogP contribution in [0.4, 0.5) is 8.78 Å². The number of halogens is 2. The van der Waals surface area contributed by atoms with Crippen LogP contribution in [0.15, 0.2) is 48.5 Å². The normalized spacial score (nSPS) is 14.0. The van der Waals surface area contributed by atoms with Gasteiger partial charge in [0.15, 0.2) is 0 Å². The summed E-state index contributed by atoms with van der Waals surface area (Å²) in [4.78, 5) is 1.90. The number of rotatable bonds is 6. The van der Waals surface area contributed by atoms with Gasteiger partial charge in [-0.15, -0.1) is 11.3 Å². The smallest absolute Gasteiger partial charge is 0.135 e. The second kappa shape index (κ2) is 7.32. The molecule has 0 bridgehead atoms. The fourth-order valence-corrected chi connectivity index (χ4v) is 4.53. The molecule has 134 valence electrons. The molecule has 0 amide bonds. The number of aryl methyl sites for hydroxylation is 1. The monoisotopic (exact) mass is 368 g/mol. The molecule has 26 heavy (non-hydrogen) atoms. The van der Waals surface area contributed by atoms with Crippen LogP contribution in [-0.4, -0.2) is 0 Å². The molecule has 0 nitrogen and oxygen atoms in total. The minimum absolute atomic E-state index is 0.100. The van der Waals surface area contributed by atoms with Crippen LogP contribution < -0.4 is 0 Å². The molecule has 0 spiro atoms. The van der Waals surface area contributed by atoms with Gasteiger partial charge in [-0.25, -0.2) is 8.78 Å². The Balaban J connectivity index is 1.62. The fraction of sp³-hybridized carbons (Fsp3) is 0.304. The highest BCUT2D eigenvalue weighted by Crippen LogP contribution is 2.39. The predicted octanol–water partition coefficient (Wildman–Crippen LogP) is 7.27. The molecular formula is C23H22F2S. The lowest BCUT2D eigenvalue weighted by atomic mass is 10.00. The van der Waals surface area contributed by atoms with Gasteiger partial charge in [-0.3, -0.25) is 0 Å². The quantitative estimate of drug-likeness (QED) is 0.429. The summed E-state index contributed by atoms with van der Waals surface area (Å²) in [7, 11) is 0. The Morgan fingerprint density at radius 1 is 0.923 bits per heavy atom. The van der Waals surface area contributed by atoms with E-state index < -0.39 is 11.6 Å². The van der Waals surface area contributed by atoms with Crippen molar-refractivity contribution in [3.8, 4) is 21.6 Å². The maximum Gasteiger partial charge on any atom is 0.135 e. The zero-order valence-corrected chi connectivity index (χ0v) is 15.7. The molecule has 1 aromatic heterocycles. The highest BCUT2D eigenvalue weighted by atomic mass is 32.1. The minimum atomic E-state index is -0.488. The van der Waals surface area contributed by atoms with Crippen LogP contribution in [0.3, 0.4) is 0 Å². The highest BCUT2D eigenvalue weighted by Gasteiger charge is 2.23. The Kier molecular flexibility index (Phi) is 4.90. The molecule has 1 heterocycles. The van der Waals surface area contributed by atoms with E-state index >= 15 is 0 Å². The SMILES string of the molecule is CCCc1ccc(-c2cc(F)c(-c3ccc(CC4CC4)s3)c(F)c2)cc1. The topological polar surface area (TPSA) is 0 Å². The molecule has 0 aliphatic heterocycles. The van der Waals surface area contributed by atoms with E-state index in [0.29, 0.717) is 10.4 Å². The largest absolute Gasteiger partial charge is 0.206 e. The molecule has 0 radical (unpaired) electrons. The van der Waals surface area contributed by atoms with E-state index in [1.807, 2.05) is 36.4 Å². The van der Waals surface area contributed by atoms with Crippen molar-refractivity contribution >= 4 is 11.3 Å². The van der Waals surface area contributed by atoms with Gasteiger partial charge in [-0.05, 0) is 72.6 Å². The van der Waals surface area contributed by atoms with Gasteiger partial charge in [0.05, 0.1) is 5.56 Å². The van der Waals surface area contributed by atoms with Crippen molar-refractivity contribution in [3.63, 3.8) is 0 Å². The first-order chi connectivity index (χ1) is 12.6. The first-order valence-corrected chi connectivity index (χ1v) is 10.1. The fourth-order valence-electron chi connectivity index (χ4n) is 3.36. The van der Waals surface area contributed by atoms with Crippen molar-refractivity contribution in [2.75, 3.05) is 0 Å². The highest BCUT2D eigenvalue weighted by molar-refractivity contribution is 7.15. The second-order valence-corrected chi connectivity index (χ2v) is 8.34. The Morgan fingerprint density at radius 3 is 2.23 bits per heavy atom. The Bertz CT molecular complexity index is 881. The summed E-state index contributed by atoms with van der Waals surface area (Å²) in [5.41, 5.74) is 2.77. The summed E-state index contributed by atoms with van der Waals surface area (Å²) < 4.78 is 29.5. The average molecular weight is 368 g/mol. The third-order valence-electron chi connectivity index (χ3n) is 4.96. The van der Waals surface area contributed by atoms with Gasteiger partial charge in [-0.1, -0.05) is 37.6 Å². The molecule has 3 aromatic rings. The third kappa shape index (κ3) is 3.73. The van der Waals surface area contributed by atoms with Crippen molar-refractivity contribution in [3.05, 3.63) is 70.6 Å². The summed E-state index contributed by atoms with van der Waals surface area (Å²) in [5, 5.41) is 0. The van der Waals surface area contributed by atoms with Crippen molar-refractivity contribution in [1.29, 1.82) is 0 Å². The van der Waals surface area contributed by atoms with Gasteiger partial charge in [0, 0.05) is 9.75 Å². The van der Waals surface area contributed by atoms with E-state index in [1.165, 1.54) is 46.8 Å². The maximum absolute atomic E-state index is 14.7. The van der Waals surface area contributed by atoms with E-state index in [0.717, 1.165) is 30.7 Å². The Morgan fingerprint density at radius 2 is 1.62 bits per heavy atom. The molecule has 0 saturated heterocycles. The van der Waals surface area contributed by atoms with Gasteiger partial charge in [0.25, 0.3) is 0 Å². The molecule has 1 fully saturated rings. The maximum atomic E-state index is 14.7. The lowest BCUT2D eigenvalue weighted by Crippen LogP contribution is -1.91. The van der Waals surface area contributed by atoms with Crippen LogP contribution in [0.5, 0.6) is 0 Å². The summed E-state index contributed by atoms with van der Waals surface area (Å²) >= 11 is 1.51.